The third-order valence-corrected chi connectivity index (χ3v) is 3.89. The Morgan fingerprint density at radius 3 is 2.69 bits per heavy atom. The van der Waals surface area contributed by atoms with E-state index >= 15 is 0 Å². The summed E-state index contributed by atoms with van der Waals surface area (Å²) in [5.74, 6) is 0.889. The Hall–Kier alpha value is -0.740. The fraction of sp³-hybridized carbons (Fsp3) is 0.167. The fourth-order valence-electron chi connectivity index (χ4n) is 1.42. The lowest BCUT2D eigenvalue weighted by atomic mass is 10.2. The zero-order valence-corrected chi connectivity index (χ0v) is 11.9. The van der Waals surface area contributed by atoms with Crippen LogP contribution in [0.2, 0.25) is 0 Å². The van der Waals surface area contributed by atoms with Gasteiger partial charge in [-0.05, 0) is 62.5 Å². The Morgan fingerprint density at radius 1 is 1.25 bits per heavy atom. The number of halogens is 2. The number of hydrogen-bond donors (Lipinski definition) is 1. The Bertz CT molecular complexity index is 474. The van der Waals surface area contributed by atoms with Gasteiger partial charge in [-0.2, -0.15) is 0 Å². The standard InChI is InChI=1S/C12H11Br2NO/c1-8-3-2-4-9(5-8)15-7-10-6-11(13)12(14)16-10/h2-6,15H,7H2,1H3. The maximum absolute atomic E-state index is 5.47. The summed E-state index contributed by atoms with van der Waals surface area (Å²) in [4.78, 5) is 0. The normalized spacial score (nSPS) is 10.4. The molecule has 0 amide bonds. The summed E-state index contributed by atoms with van der Waals surface area (Å²) in [7, 11) is 0. The molecule has 0 atom stereocenters. The van der Waals surface area contributed by atoms with Crippen molar-refractivity contribution in [3.8, 4) is 0 Å². The quantitative estimate of drug-likeness (QED) is 0.871. The Morgan fingerprint density at radius 2 is 2.06 bits per heavy atom. The summed E-state index contributed by atoms with van der Waals surface area (Å²) < 4.78 is 7.14. The van der Waals surface area contributed by atoms with Gasteiger partial charge in [0.25, 0.3) is 0 Å². The van der Waals surface area contributed by atoms with Crippen molar-refractivity contribution in [1.29, 1.82) is 0 Å². The average molecular weight is 345 g/mol. The molecule has 84 valence electrons. The van der Waals surface area contributed by atoms with Gasteiger partial charge in [-0.3, -0.25) is 0 Å². The molecule has 0 saturated carbocycles. The van der Waals surface area contributed by atoms with Crippen molar-refractivity contribution < 1.29 is 4.42 Å². The second-order valence-corrected chi connectivity index (χ2v) is 5.13. The van der Waals surface area contributed by atoms with Crippen LogP contribution < -0.4 is 5.32 Å². The number of benzene rings is 1. The van der Waals surface area contributed by atoms with Gasteiger partial charge < -0.3 is 9.73 Å². The molecule has 1 N–H and O–H groups in total. The first-order valence-corrected chi connectivity index (χ1v) is 6.48. The number of nitrogens with one attached hydrogen (secondary N) is 1. The van der Waals surface area contributed by atoms with Crippen LogP contribution in [-0.4, -0.2) is 0 Å². The maximum Gasteiger partial charge on any atom is 0.183 e. The molecule has 1 aromatic heterocycles. The van der Waals surface area contributed by atoms with Crippen LogP contribution >= 0.6 is 31.9 Å². The Balaban J connectivity index is 2.02. The highest BCUT2D eigenvalue weighted by Gasteiger charge is 2.05. The summed E-state index contributed by atoms with van der Waals surface area (Å²) in [5.41, 5.74) is 2.34. The largest absolute Gasteiger partial charge is 0.451 e. The molecule has 2 aromatic rings. The molecule has 1 heterocycles. The molecule has 0 saturated heterocycles. The van der Waals surface area contributed by atoms with Gasteiger partial charge >= 0.3 is 0 Å². The maximum atomic E-state index is 5.47. The summed E-state index contributed by atoms with van der Waals surface area (Å²) in [5, 5.41) is 3.31. The molecule has 0 radical (unpaired) electrons. The van der Waals surface area contributed by atoms with E-state index in [2.05, 4.69) is 56.2 Å². The molecule has 4 heteroatoms. The molecule has 2 nitrogen and oxygen atoms in total. The summed E-state index contributed by atoms with van der Waals surface area (Å²) in [6.45, 7) is 2.75. The van der Waals surface area contributed by atoms with Crippen LogP contribution in [0.25, 0.3) is 0 Å². The van der Waals surface area contributed by atoms with Crippen molar-refractivity contribution in [2.75, 3.05) is 5.32 Å². The summed E-state index contributed by atoms with van der Waals surface area (Å²) in [6, 6.07) is 10.2. The van der Waals surface area contributed by atoms with E-state index in [-0.39, 0.29) is 0 Å². The molecular weight excluding hydrogens is 334 g/mol. The van der Waals surface area contributed by atoms with Crippen molar-refractivity contribution in [2.24, 2.45) is 0 Å². The minimum Gasteiger partial charge on any atom is -0.451 e. The zero-order valence-electron chi connectivity index (χ0n) is 8.76. The second kappa shape index (κ2) is 5.06. The number of furan rings is 1. The lowest BCUT2D eigenvalue weighted by Gasteiger charge is -2.04. The molecule has 0 aliphatic heterocycles. The van der Waals surface area contributed by atoms with Gasteiger partial charge in [0.15, 0.2) is 4.67 Å². The monoisotopic (exact) mass is 343 g/mol. The van der Waals surface area contributed by atoms with Gasteiger partial charge in [0, 0.05) is 5.69 Å². The number of aryl methyl sites for hydroxylation is 1. The summed E-state index contributed by atoms with van der Waals surface area (Å²) >= 11 is 6.70. The number of anilines is 1. The van der Waals surface area contributed by atoms with E-state index in [0.29, 0.717) is 6.54 Å². The van der Waals surface area contributed by atoms with Crippen LogP contribution in [0.4, 0.5) is 5.69 Å². The SMILES string of the molecule is Cc1cccc(NCc2cc(Br)c(Br)o2)c1. The molecule has 0 bridgehead atoms. The topological polar surface area (TPSA) is 25.2 Å². The van der Waals surface area contributed by atoms with Gasteiger partial charge in [-0.1, -0.05) is 12.1 Å². The highest BCUT2D eigenvalue weighted by Crippen LogP contribution is 2.27. The van der Waals surface area contributed by atoms with Gasteiger partial charge in [-0.15, -0.1) is 0 Å². The molecule has 0 spiro atoms. The van der Waals surface area contributed by atoms with Crippen LogP contribution in [0.1, 0.15) is 11.3 Å². The van der Waals surface area contributed by atoms with Crippen LogP contribution in [-0.2, 0) is 6.54 Å². The predicted molar refractivity (Wildman–Crippen MR) is 72.6 cm³/mol. The molecule has 0 aliphatic rings. The average Bonchev–Trinajstić information content (AvgIpc) is 2.56. The van der Waals surface area contributed by atoms with E-state index in [1.54, 1.807) is 0 Å². The fourth-order valence-corrected chi connectivity index (χ4v) is 2.08. The van der Waals surface area contributed by atoms with Crippen LogP contribution in [0.5, 0.6) is 0 Å². The molecule has 2 rings (SSSR count). The number of hydrogen-bond acceptors (Lipinski definition) is 2. The smallest absolute Gasteiger partial charge is 0.183 e. The Labute approximate surface area is 111 Å². The molecule has 0 aliphatic carbocycles. The van der Waals surface area contributed by atoms with Crippen LogP contribution in [0, 0.1) is 6.92 Å². The highest BCUT2D eigenvalue weighted by atomic mass is 79.9. The minimum absolute atomic E-state index is 0.674. The van der Waals surface area contributed by atoms with Gasteiger partial charge in [-0.25, -0.2) is 0 Å². The summed E-state index contributed by atoms with van der Waals surface area (Å²) in [6.07, 6.45) is 0. The van der Waals surface area contributed by atoms with E-state index < -0.39 is 0 Å². The van der Waals surface area contributed by atoms with Gasteiger partial charge in [0.05, 0.1) is 11.0 Å². The van der Waals surface area contributed by atoms with E-state index in [4.69, 9.17) is 4.42 Å². The third kappa shape index (κ3) is 2.89. The van der Waals surface area contributed by atoms with E-state index in [9.17, 15) is 0 Å². The molecule has 1 aromatic carbocycles. The Kier molecular flexibility index (Phi) is 3.71. The molecule has 0 unspecified atom stereocenters. The van der Waals surface area contributed by atoms with Crippen molar-refractivity contribution in [2.45, 2.75) is 13.5 Å². The lowest BCUT2D eigenvalue weighted by Crippen LogP contribution is -1.97. The van der Waals surface area contributed by atoms with E-state index in [1.165, 1.54) is 5.56 Å². The first-order valence-electron chi connectivity index (χ1n) is 4.89. The van der Waals surface area contributed by atoms with Gasteiger partial charge in [0.1, 0.15) is 5.76 Å². The van der Waals surface area contributed by atoms with Crippen LogP contribution in [0.3, 0.4) is 0 Å². The first kappa shape index (κ1) is 11.7. The predicted octanol–water partition coefficient (Wildman–Crippen LogP) is 4.73. The minimum atomic E-state index is 0.674. The van der Waals surface area contributed by atoms with E-state index in [0.717, 1.165) is 20.6 Å². The molecular formula is C12H11Br2NO. The zero-order chi connectivity index (χ0) is 11.5. The van der Waals surface area contributed by atoms with Crippen LogP contribution in [0.15, 0.2) is 43.9 Å². The first-order chi connectivity index (χ1) is 7.65. The lowest BCUT2D eigenvalue weighted by molar-refractivity contribution is 0.494. The van der Waals surface area contributed by atoms with Gasteiger partial charge in [0.2, 0.25) is 0 Å². The van der Waals surface area contributed by atoms with Crippen molar-refractivity contribution in [1.82, 2.24) is 0 Å². The van der Waals surface area contributed by atoms with Crippen molar-refractivity contribution in [3.05, 3.63) is 50.8 Å². The third-order valence-electron chi connectivity index (χ3n) is 2.18. The van der Waals surface area contributed by atoms with Crippen molar-refractivity contribution in [3.63, 3.8) is 0 Å². The molecule has 0 fully saturated rings. The molecule has 16 heavy (non-hydrogen) atoms. The number of rotatable bonds is 3. The van der Waals surface area contributed by atoms with Crippen molar-refractivity contribution >= 4 is 37.5 Å². The second-order valence-electron chi connectivity index (χ2n) is 3.56. The van der Waals surface area contributed by atoms with E-state index in [1.807, 2.05) is 18.2 Å². The highest BCUT2D eigenvalue weighted by molar-refractivity contribution is 9.13.